The Kier molecular flexibility index (Phi) is 3.87. The molecule has 1 fully saturated rings. The van der Waals surface area contributed by atoms with Crippen LogP contribution in [0.4, 0.5) is 0 Å². The van der Waals surface area contributed by atoms with Crippen molar-refractivity contribution in [1.29, 1.82) is 0 Å². The predicted molar refractivity (Wildman–Crippen MR) is 69.2 cm³/mol. The van der Waals surface area contributed by atoms with Gasteiger partial charge in [0.1, 0.15) is 17.1 Å². The Balaban J connectivity index is 2.34. The molecule has 1 aromatic carbocycles. The monoisotopic (exact) mass is 249 g/mol. The quantitative estimate of drug-likeness (QED) is 0.829. The highest BCUT2D eigenvalue weighted by Gasteiger charge is 2.31. The van der Waals surface area contributed by atoms with Gasteiger partial charge in [-0.1, -0.05) is 6.07 Å². The number of benzene rings is 1. The van der Waals surface area contributed by atoms with Gasteiger partial charge in [-0.25, -0.2) is 0 Å². The van der Waals surface area contributed by atoms with Gasteiger partial charge in [-0.3, -0.25) is 4.79 Å². The van der Waals surface area contributed by atoms with E-state index in [2.05, 4.69) is 0 Å². The first-order chi connectivity index (χ1) is 8.67. The molecule has 2 unspecified atom stereocenters. The van der Waals surface area contributed by atoms with Gasteiger partial charge in [0.15, 0.2) is 5.78 Å². The zero-order valence-electron chi connectivity index (χ0n) is 10.8. The van der Waals surface area contributed by atoms with E-state index in [0.717, 1.165) is 19.3 Å². The number of Topliss-reactive ketones (excluding diaryl/α,β-unsaturated/α-hetero) is 1. The SMILES string of the molecule is COc1cccc(OC)c1C(=O)C1CCC(N)C1. The molecule has 1 saturated carbocycles. The van der Waals surface area contributed by atoms with Crippen molar-refractivity contribution in [2.75, 3.05) is 14.2 Å². The maximum Gasteiger partial charge on any atom is 0.173 e. The lowest BCUT2D eigenvalue weighted by Gasteiger charge is -2.15. The number of hydrogen-bond acceptors (Lipinski definition) is 4. The van der Waals surface area contributed by atoms with Crippen molar-refractivity contribution >= 4 is 5.78 Å². The van der Waals surface area contributed by atoms with Gasteiger partial charge in [-0.15, -0.1) is 0 Å². The highest BCUT2D eigenvalue weighted by molar-refractivity contribution is 6.03. The molecule has 2 atom stereocenters. The van der Waals surface area contributed by atoms with Crippen molar-refractivity contribution in [3.8, 4) is 11.5 Å². The van der Waals surface area contributed by atoms with Gasteiger partial charge in [0.2, 0.25) is 0 Å². The molecule has 1 aliphatic carbocycles. The number of rotatable bonds is 4. The van der Waals surface area contributed by atoms with E-state index in [1.54, 1.807) is 26.4 Å². The summed E-state index contributed by atoms with van der Waals surface area (Å²) in [6.45, 7) is 0. The molecule has 0 saturated heterocycles. The molecule has 98 valence electrons. The van der Waals surface area contributed by atoms with Crippen LogP contribution in [-0.4, -0.2) is 26.0 Å². The highest BCUT2D eigenvalue weighted by atomic mass is 16.5. The third-order valence-corrected chi connectivity index (χ3v) is 3.52. The molecule has 0 radical (unpaired) electrons. The van der Waals surface area contributed by atoms with Crippen LogP contribution >= 0.6 is 0 Å². The Labute approximate surface area is 107 Å². The largest absolute Gasteiger partial charge is 0.496 e. The molecule has 0 heterocycles. The van der Waals surface area contributed by atoms with Crippen molar-refractivity contribution in [3.63, 3.8) is 0 Å². The molecule has 2 rings (SSSR count). The van der Waals surface area contributed by atoms with Crippen molar-refractivity contribution in [2.24, 2.45) is 11.7 Å². The number of carbonyl (C=O) groups excluding carboxylic acids is 1. The van der Waals surface area contributed by atoms with Crippen LogP contribution in [-0.2, 0) is 0 Å². The van der Waals surface area contributed by atoms with Gasteiger partial charge in [-0.2, -0.15) is 0 Å². The standard InChI is InChI=1S/C14H19NO3/c1-17-11-4-3-5-12(18-2)13(11)14(16)9-6-7-10(15)8-9/h3-5,9-10H,6-8,15H2,1-2H3. The first kappa shape index (κ1) is 12.9. The molecular formula is C14H19NO3. The Hall–Kier alpha value is -1.55. The average Bonchev–Trinajstić information content (AvgIpc) is 2.83. The van der Waals surface area contributed by atoms with E-state index in [1.165, 1.54) is 0 Å². The minimum atomic E-state index is -0.00907. The van der Waals surface area contributed by atoms with Gasteiger partial charge in [0.05, 0.1) is 14.2 Å². The molecule has 0 aliphatic heterocycles. The zero-order chi connectivity index (χ0) is 13.1. The number of methoxy groups -OCH3 is 2. The number of hydrogen-bond donors (Lipinski definition) is 1. The first-order valence-corrected chi connectivity index (χ1v) is 6.18. The molecule has 1 aliphatic rings. The fraction of sp³-hybridized carbons (Fsp3) is 0.500. The topological polar surface area (TPSA) is 61.5 Å². The van der Waals surface area contributed by atoms with Crippen molar-refractivity contribution in [2.45, 2.75) is 25.3 Å². The molecule has 0 spiro atoms. The third kappa shape index (κ3) is 2.34. The van der Waals surface area contributed by atoms with Crippen LogP contribution in [0.5, 0.6) is 11.5 Å². The lowest BCUT2D eigenvalue weighted by molar-refractivity contribution is 0.0915. The van der Waals surface area contributed by atoms with Crippen LogP contribution in [0.25, 0.3) is 0 Å². The summed E-state index contributed by atoms with van der Waals surface area (Å²) >= 11 is 0. The smallest absolute Gasteiger partial charge is 0.173 e. The Morgan fingerprint density at radius 2 is 1.83 bits per heavy atom. The number of nitrogens with two attached hydrogens (primary N) is 1. The second-order valence-corrected chi connectivity index (χ2v) is 4.67. The van der Waals surface area contributed by atoms with E-state index in [9.17, 15) is 4.79 Å². The van der Waals surface area contributed by atoms with E-state index in [-0.39, 0.29) is 17.7 Å². The minimum absolute atomic E-state index is 0.00907. The van der Waals surface area contributed by atoms with Gasteiger partial charge in [0.25, 0.3) is 0 Å². The van der Waals surface area contributed by atoms with Gasteiger partial charge < -0.3 is 15.2 Å². The number of ketones is 1. The van der Waals surface area contributed by atoms with E-state index in [4.69, 9.17) is 15.2 Å². The average molecular weight is 249 g/mol. The van der Waals surface area contributed by atoms with Crippen LogP contribution in [0.15, 0.2) is 18.2 Å². The molecule has 0 amide bonds. The fourth-order valence-electron chi connectivity index (χ4n) is 2.55. The molecule has 1 aromatic rings. The second-order valence-electron chi connectivity index (χ2n) is 4.67. The predicted octanol–water partition coefficient (Wildman–Crippen LogP) is 2.01. The fourth-order valence-corrected chi connectivity index (χ4v) is 2.55. The van der Waals surface area contributed by atoms with Gasteiger partial charge in [0, 0.05) is 12.0 Å². The Bertz CT molecular complexity index is 422. The maximum atomic E-state index is 12.5. The summed E-state index contributed by atoms with van der Waals surface area (Å²) in [7, 11) is 3.12. The molecule has 4 heteroatoms. The summed E-state index contributed by atoms with van der Waals surface area (Å²) in [6, 6.07) is 5.52. The second kappa shape index (κ2) is 5.40. The van der Waals surface area contributed by atoms with E-state index >= 15 is 0 Å². The van der Waals surface area contributed by atoms with Gasteiger partial charge in [-0.05, 0) is 31.4 Å². The van der Waals surface area contributed by atoms with Crippen LogP contribution in [0, 0.1) is 5.92 Å². The van der Waals surface area contributed by atoms with E-state index < -0.39 is 0 Å². The molecule has 2 N–H and O–H groups in total. The molecule has 18 heavy (non-hydrogen) atoms. The summed E-state index contributed by atoms with van der Waals surface area (Å²) in [5, 5.41) is 0. The number of carbonyl (C=O) groups is 1. The minimum Gasteiger partial charge on any atom is -0.496 e. The highest BCUT2D eigenvalue weighted by Crippen LogP contribution is 2.35. The normalized spacial score (nSPS) is 22.8. The zero-order valence-corrected chi connectivity index (χ0v) is 10.8. The lowest BCUT2D eigenvalue weighted by Crippen LogP contribution is -2.19. The first-order valence-electron chi connectivity index (χ1n) is 6.18. The molecule has 0 aromatic heterocycles. The number of ether oxygens (including phenoxy) is 2. The summed E-state index contributed by atoms with van der Waals surface area (Å²) in [6.07, 6.45) is 2.51. The van der Waals surface area contributed by atoms with Crippen LogP contribution in [0.2, 0.25) is 0 Å². The summed E-state index contributed by atoms with van der Waals surface area (Å²) in [5.74, 6) is 1.21. The van der Waals surface area contributed by atoms with E-state index in [0.29, 0.717) is 17.1 Å². The molecule has 4 nitrogen and oxygen atoms in total. The molecular weight excluding hydrogens is 230 g/mol. The molecule has 0 bridgehead atoms. The van der Waals surface area contributed by atoms with Crippen molar-refractivity contribution in [3.05, 3.63) is 23.8 Å². The summed E-state index contributed by atoms with van der Waals surface area (Å²) in [5.41, 5.74) is 6.41. The summed E-state index contributed by atoms with van der Waals surface area (Å²) < 4.78 is 10.5. The van der Waals surface area contributed by atoms with Crippen molar-refractivity contribution in [1.82, 2.24) is 0 Å². The van der Waals surface area contributed by atoms with Crippen LogP contribution < -0.4 is 15.2 Å². The maximum absolute atomic E-state index is 12.5. The van der Waals surface area contributed by atoms with Crippen LogP contribution in [0.3, 0.4) is 0 Å². The van der Waals surface area contributed by atoms with E-state index in [1.807, 2.05) is 6.07 Å². The summed E-state index contributed by atoms with van der Waals surface area (Å²) in [4.78, 5) is 12.5. The lowest BCUT2D eigenvalue weighted by atomic mass is 9.94. The van der Waals surface area contributed by atoms with Crippen LogP contribution in [0.1, 0.15) is 29.6 Å². The Morgan fingerprint density at radius 1 is 1.22 bits per heavy atom. The van der Waals surface area contributed by atoms with Gasteiger partial charge >= 0.3 is 0 Å². The van der Waals surface area contributed by atoms with Crippen molar-refractivity contribution < 1.29 is 14.3 Å². The Morgan fingerprint density at radius 3 is 2.28 bits per heavy atom. The third-order valence-electron chi connectivity index (χ3n) is 3.52.